The number of imidazole rings is 1. The van der Waals surface area contributed by atoms with Gasteiger partial charge in [-0.3, -0.25) is 4.79 Å². The molecule has 4 rings (SSSR count). The third-order valence-corrected chi connectivity index (χ3v) is 5.40. The van der Waals surface area contributed by atoms with Crippen molar-refractivity contribution in [3.05, 3.63) is 53.9 Å². The fourth-order valence-electron chi connectivity index (χ4n) is 3.87. The summed E-state index contributed by atoms with van der Waals surface area (Å²) in [6.07, 6.45) is 2.28. The molecule has 0 radical (unpaired) electrons. The Labute approximate surface area is 164 Å². The number of amides is 1. The first-order chi connectivity index (χ1) is 13.7. The highest BCUT2D eigenvalue weighted by atomic mass is 16.5. The van der Waals surface area contributed by atoms with Crippen molar-refractivity contribution in [3.63, 3.8) is 0 Å². The van der Waals surface area contributed by atoms with Crippen LogP contribution in [0.5, 0.6) is 11.5 Å². The van der Waals surface area contributed by atoms with Crippen LogP contribution in [0.25, 0.3) is 11.0 Å². The molecule has 1 unspecified atom stereocenters. The number of carbonyl (C=O) groups is 1. The van der Waals surface area contributed by atoms with Gasteiger partial charge in [0.05, 0.1) is 25.3 Å². The zero-order chi connectivity index (χ0) is 19.5. The predicted molar refractivity (Wildman–Crippen MR) is 108 cm³/mol. The van der Waals surface area contributed by atoms with Gasteiger partial charge < -0.3 is 19.4 Å². The van der Waals surface area contributed by atoms with Crippen molar-refractivity contribution in [1.29, 1.82) is 0 Å². The first kappa shape index (κ1) is 18.3. The molecule has 0 saturated heterocycles. The summed E-state index contributed by atoms with van der Waals surface area (Å²) in [6, 6.07) is 14.0. The quantitative estimate of drug-likeness (QED) is 0.715. The van der Waals surface area contributed by atoms with Gasteiger partial charge in [-0.1, -0.05) is 18.2 Å². The lowest BCUT2D eigenvalue weighted by Crippen LogP contribution is -2.36. The van der Waals surface area contributed by atoms with Gasteiger partial charge in [-0.15, -0.1) is 0 Å². The van der Waals surface area contributed by atoms with E-state index in [2.05, 4.69) is 16.0 Å². The molecule has 0 bridgehead atoms. The lowest BCUT2D eigenvalue weighted by Gasteiger charge is -2.23. The van der Waals surface area contributed by atoms with Crippen LogP contribution in [-0.2, 0) is 24.2 Å². The van der Waals surface area contributed by atoms with Crippen LogP contribution in [-0.4, -0.2) is 36.2 Å². The molecule has 6 nitrogen and oxygen atoms in total. The Hall–Kier alpha value is -3.02. The van der Waals surface area contributed by atoms with Crippen LogP contribution in [0.15, 0.2) is 42.5 Å². The molecule has 1 aromatic heterocycles. The van der Waals surface area contributed by atoms with E-state index in [4.69, 9.17) is 14.5 Å². The maximum atomic E-state index is 12.6. The summed E-state index contributed by atoms with van der Waals surface area (Å²) in [4.78, 5) is 17.4. The molecule has 28 heavy (non-hydrogen) atoms. The SMILES string of the molecule is COc1ccc(CCNC(=O)C2CCn3c(nc4ccccc43)C2)cc1OC. The number of methoxy groups -OCH3 is 2. The number of aromatic nitrogens is 2. The monoisotopic (exact) mass is 379 g/mol. The average Bonchev–Trinajstić information content (AvgIpc) is 3.11. The number of carbonyl (C=O) groups excluding carboxylic acids is 1. The third-order valence-electron chi connectivity index (χ3n) is 5.40. The van der Waals surface area contributed by atoms with E-state index >= 15 is 0 Å². The summed E-state index contributed by atoms with van der Waals surface area (Å²) in [5.41, 5.74) is 3.26. The minimum Gasteiger partial charge on any atom is -0.493 e. The molecule has 3 aromatic rings. The summed E-state index contributed by atoms with van der Waals surface area (Å²) in [6.45, 7) is 1.44. The van der Waals surface area contributed by atoms with Crippen molar-refractivity contribution in [2.45, 2.75) is 25.8 Å². The minimum atomic E-state index is -0.0188. The standard InChI is InChI=1S/C22H25N3O3/c1-27-19-8-7-15(13-20(19)28-2)9-11-23-22(26)16-10-12-25-18-6-4-3-5-17(18)24-21(25)14-16/h3-8,13,16H,9-12,14H2,1-2H3,(H,23,26). The number of hydrogen-bond acceptors (Lipinski definition) is 4. The molecule has 1 N–H and O–H groups in total. The number of hydrogen-bond donors (Lipinski definition) is 1. The van der Waals surface area contributed by atoms with Crippen molar-refractivity contribution in [2.75, 3.05) is 20.8 Å². The maximum Gasteiger partial charge on any atom is 0.223 e. The van der Waals surface area contributed by atoms with E-state index in [-0.39, 0.29) is 11.8 Å². The van der Waals surface area contributed by atoms with E-state index in [9.17, 15) is 4.79 Å². The summed E-state index contributed by atoms with van der Waals surface area (Å²) in [5, 5.41) is 3.08. The van der Waals surface area contributed by atoms with Crippen LogP contribution in [0.2, 0.25) is 0 Å². The summed E-state index contributed by atoms with van der Waals surface area (Å²) in [7, 11) is 3.25. The Morgan fingerprint density at radius 2 is 2.00 bits per heavy atom. The normalized spacial score (nSPS) is 15.9. The molecule has 1 amide bonds. The molecule has 0 aliphatic carbocycles. The number of para-hydroxylation sites is 2. The van der Waals surface area contributed by atoms with Gasteiger partial charge in [0.15, 0.2) is 11.5 Å². The number of nitrogens with one attached hydrogen (secondary N) is 1. The molecule has 0 saturated carbocycles. The second kappa shape index (κ2) is 7.92. The summed E-state index contributed by atoms with van der Waals surface area (Å²) >= 11 is 0. The Kier molecular flexibility index (Phi) is 5.19. The molecular formula is C22H25N3O3. The van der Waals surface area contributed by atoms with E-state index in [0.29, 0.717) is 24.5 Å². The number of aryl methyl sites for hydroxylation is 1. The van der Waals surface area contributed by atoms with E-state index in [1.54, 1.807) is 14.2 Å². The number of nitrogens with zero attached hydrogens (tertiary/aromatic N) is 2. The van der Waals surface area contributed by atoms with Crippen molar-refractivity contribution in [1.82, 2.24) is 14.9 Å². The minimum absolute atomic E-state index is 0.0188. The fourth-order valence-corrected chi connectivity index (χ4v) is 3.87. The van der Waals surface area contributed by atoms with Crippen molar-refractivity contribution >= 4 is 16.9 Å². The largest absolute Gasteiger partial charge is 0.493 e. The van der Waals surface area contributed by atoms with Crippen molar-refractivity contribution in [3.8, 4) is 11.5 Å². The molecule has 1 atom stereocenters. The molecule has 1 aliphatic rings. The van der Waals surface area contributed by atoms with E-state index < -0.39 is 0 Å². The number of ether oxygens (including phenoxy) is 2. The highest BCUT2D eigenvalue weighted by Gasteiger charge is 2.26. The summed E-state index contributed by atoms with van der Waals surface area (Å²) < 4.78 is 12.8. The Morgan fingerprint density at radius 1 is 1.18 bits per heavy atom. The van der Waals surface area contributed by atoms with Crippen LogP contribution in [0.4, 0.5) is 0 Å². The van der Waals surface area contributed by atoms with Gasteiger partial charge >= 0.3 is 0 Å². The molecule has 6 heteroatoms. The molecule has 2 aromatic carbocycles. The topological polar surface area (TPSA) is 65.4 Å². The van der Waals surface area contributed by atoms with Gasteiger partial charge in [-0.25, -0.2) is 4.98 Å². The molecule has 0 spiro atoms. The second-order valence-electron chi connectivity index (χ2n) is 7.09. The van der Waals surface area contributed by atoms with Gasteiger partial charge in [0.25, 0.3) is 0 Å². The average molecular weight is 379 g/mol. The van der Waals surface area contributed by atoms with Gasteiger partial charge in [0.1, 0.15) is 5.82 Å². The predicted octanol–water partition coefficient (Wildman–Crippen LogP) is 2.97. The number of rotatable bonds is 6. The Bertz CT molecular complexity index is 996. The zero-order valence-corrected chi connectivity index (χ0v) is 16.3. The van der Waals surface area contributed by atoms with E-state index in [1.165, 1.54) is 0 Å². The van der Waals surface area contributed by atoms with Gasteiger partial charge in [0.2, 0.25) is 5.91 Å². The molecule has 2 heterocycles. The smallest absolute Gasteiger partial charge is 0.223 e. The third kappa shape index (κ3) is 3.54. The first-order valence-corrected chi connectivity index (χ1v) is 9.62. The Balaban J connectivity index is 1.35. The lowest BCUT2D eigenvalue weighted by molar-refractivity contribution is -0.125. The Morgan fingerprint density at radius 3 is 2.82 bits per heavy atom. The van der Waals surface area contributed by atoms with Crippen LogP contribution in [0, 0.1) is 5.92 Å². The highest BCUT2D eigenvalue weighted by Crippen LogP contribution is 2.28. The lowest BCUT2D eigenvalue weighted by atomic mass is 9.96. The van der Waals surface area contributed by atoms with Crippen LogP contribution in [0.1, 0.15) is 17.8 Å². The van der Waals surface area contributed by atoms with E-state index in [1.807, 2.05) is 36.4 Å². The number of benzene rings is 2. The van der Waals surface area contributed by atoms with E-state index in [0.717, 1.165) is 41.8 Å². The highest BCUT2D eigenvalue weighted by molar-refractivity contribution is 5.80. The van der Waals surface area contributed by atoms with Crippen LogP contribution >= 0.6 is 0 Å². The fraction of sp³-hybridized carbons (Fsp3) is 0.364. The number of fused-ring (bicyclic) bond motifs is 3. The first-order valence-electron chi connectivity index (χ1n) is 9.62. The maximum absolute atomic E-state index is 12.6. The molecule has 1 aliphatic heterocycles. The van der Waals surface area contributed by atoms with Gasteiger partial charge in [-0.2, -0.15) is 0 Å². The molecule has 146 valence electrons. The van der Waals surface area contributed by atoms with Crippen LogP contribution in [0.3, 0.4) is 0 Å². The molecular weight excluding hydrogens is 354 g/mol. The van der Waals surface area contributed by atoms with Crippen molar-refractivity contribution < 1.29 is 14.3 Å². The van der Waals surface area contributed by atoms with Crippen molar-refractivity contribution in [2.24, 2.45) is 5.92 Å². The zero-order valence-electron chi connectivity index (χ0n) is 16.3. The summed E-state index contributed by atoms with van der Waals surface area (Å²) in [5.74, 6) is 2.51. The second-order valence-corrected chi connectivity index (χ2v) is 7.09. The van der Waals surface area contributed by atoms with Crippen LogP contribution < -0.4 is 14.8 Å². The van der Waals surface area contributed by atoms with Gasteiger partial charge in [0, 0.05) is 25.4 Å². The molecule has 0 fully saturated rings. The van der Waals surface area contributed by atoms with Gasteiger partial charge in [-0.05, 0) is 42.7 Å².